The first-order valence-corrected chi connectivity index (χ1v) is 6.76. The molecule has 0 unspecified atom stereocenters. The Morgan fingerprint density at radius 2 is 2.28 bits per heavy atom. The Balaban J connectivity index is 2.21. The lowest BCUT2D eigenvalue weighted by Crippen LogP contribution is -1.96. The predicted octanol–water partition coefficient (Wildman–Crippen LogP) is 2.01. The summed E-state index contributed by atoms with van der Waals surface area (Å²) in [6.45, 7) is 2.14. The molecule has 0 bridgehead atoms. The molecule has 0 saturated heterocycles. The Morgan fingerprint density at radius 1 is 1.50 bits per heavy atom. The van der Waals surface area contributed by atoms with E-state index in [0.717, 1.165) is 36.5 Å². The summed E-state index contributed by atoms with van der Waals surface area (Å²) in [6.07, 6.45) is 2.80. The summed E-state index contributed by atoms with van der Waals surface area (Å²) < 4.78 is 6.95. The van der Waals surface area contributed by atoms with Crippen LogP contribution in [0.4, 0.5) is 5.13 Å². The zero-order valence-corrected chi connectivity index (χ0v) is 11.8. The van der Waals surface area contributed by atoms with Crippen molar-refractivity contribution in [2.24, 2.45) is 7.05 Å². The number of thiazole rings is 1. The number of methoxy groups -OCH3 is 1. The molecule has 6 heteroatoms. The maximum Gasteiger partial charge on any atom is 0.211 e. The van der Waals surface area contributed by atoms with Gasteiger partial charge in [-0.2, -0.15) is 5.10 Å². The average Bonchev–Trinajstić information content (AvgIpc) is 2.83. The Bertz CT molecular complexity index is 532. The normalized spacial score (nSPS) is 10.8. The lowest BCUT2D eigenvalue weighted by atomic mass is 10.2. The highest BCUT2D eigenvalue weighted by molar-refractivity contribution is 7.15. The van der Waals surface area contributed by atoms with Crippen LogP contribution in [-0.4, -0.2) is 21.9 Å². The smallest absolute Gasteiger partial charge is 0.211 e. The Hall–Kier alpha value is -1.56. The molecule has 18 heavy (non-hydrogen) atoms. The minimum absolute atomic E-state index is 0.636. The summed E-state index contributed by atoms with van der Waals surface area (Å²) in [5, 5.41) is 5.05. The van der Waals surface area contributed by atoms with Gasteiger partial charge in [-0.05, 0) is 6.42 Å². The van der Waals surface area contributed by atoms with Crippen molar-refractivity contribution in [2.45, 2.75) is 26.2 Å². The number of ether oxygens (including phenoxy) is 1. The summed E-state index contributed by atoms with van der Waals surface area (Å²) in [5.41, 5.74) is 7.87. The van der Waals surface area contributed by atoms with Crippen LogP contribution in [-0.2, 0) is 19.9 Å². The van der Waals surface area contributed by atoms with Crippen molar-refractivity contribution in [3.8, 4) is 5.88 Å². The number of aromatic nitrogens is 3. The zero-order valence-electron chi connectivity index (χ0n) is 10.9. The second kappa shape index (κ2) is 5.39. The lowest BCUT2D eigenvalue weighted by molar-refractivity contribution is 0.373. The van der Waals surface area contributed by atoms with Crippen LogP contribution < -0.4 is 10.5 Å². The van der Waals surface area contributed by atoms with Gasteiger partial charge in [-0.1, -0.05) is 13.3 Å². The highest BCUT2D eigenvalue weighted by Crippen LogP contribution is 2.25. The summed E-state index contributed by atoms with van der Waals surface area (Å²) >= 11 is 1.55. The van der Waals surface area contributed by atoms with Crippen LogP contribution in [0, 0.1) is 0 Å². The summed E-state index contributed by atoms with van der Waals surface area (Å²) in [6, 6.07) is 1.95. The number of anilines is 1. The Morgan fingerprint density at radius 3 is 2.89 bits per heavy atom. The van der Waals surface area contributed by atoms with E-state index in [0.29, 0.717) is 5.13 Å². The van der Waals surface area contributed by atoms with Crippen molar-refractivity contribution in [3.05, 3.63) is 22.3 Å². The maximum absolute atomic E-state index is 5.78. The third-order valence-electron chi connectivity index (χ3n) is 2.72. The van der Waals surface area contributed by atoms with Crippen molar-refractivity contribution in [1.29, 1.82) is 0 Å². The van der Waals surface area contributed by atoms with Crippen LogP contribution in [0.15, 0.2) is 6.07 Å². The van der Waals surface area contributed by atoms with E-state index >= 15 is 0 Å². The number of nitrogens with two attached hydrogens (primary N) is 1. The van der Waals surface area contributed by atoms with Gasteiger partial charge in [-0.3, -0.25) is 0 Å². The number of hydrogen-bond donors (Lipinski definition) is 1. The van der Waals surface area contributed by atoms with Gasteiger partial charge in [0.05, 0.1) is 18.5 Å². The van der Waals surface area contributed by atoms with Crippen LogP contribution in [0.3, 0.4) is 0 Å². The van der Waals surface area contributed by atoms with Crippen molar-refractivity contribution < 1.29 is 4.74 Å². The van der Waals surface area contributed by atoms with Crippen LogP contribution >= 0.6 is 11.3 Å². The zero-order chi connectivity index (χ0) is 13.1. The van der Waals surface area contributed by atoms with Crippen molar-refractivity contribution in [1.82, 2.24) is 14.8 Å². The number of nitrogen functional groups attached to an aromatic ring is 1. The van der Waals surface area contributed by atoms with Crippen LogP contribution in [0.5, 0.6) is 5.88 Å². The van der Waals surface area contributed by atoms with E-state index in [-0.39, 0.29) is 0 Å². The SMILES string of the molecule is CCCc1nc(N)sc1Cc1cc(OC)n(C)n1. The first-order valence-electron chi connectivity index (χ1n) is 5.95. The topological polar surface area (TPSA) is 66.0 Å². The molecule has 2 aromatic rings. The molecule has 0 radical (unpaired) electrons. The van der Waals surface area contributed by atoms with Crippen LogP contribution in [0.25, 0.3) is 0 Å². The second-order valence-electron chi connectivity index (χ2n) is 4.15. The number of rotatable bonds is 5. The fourth-order valence-electron chi connectivity index (χ4n) is 1.92. The molecule has 0 aliphatic heterocycles. The quantitative estimate of drug-likeness (QED) is 0.899. The van der Waals surface area contributed by atoms with E-state index in [2.05, 4.69) is 17.0 Å². The molecular weight excluding hydrogens is 248 g/mol. The molecule has 0 amide bonds. The van der Waals surface area contributed by atoms with Gasteiger partial charge in [0.2, 0.25) is 5.88 Å². The largest absolute Gasteiger partial charge is 0.481 e. The molecule has 0 saturated carbocycles. The molecular formula is C12H18N4OS. The third kappa shape index (κ3) is 2.64. The molecule has 2 heterocycles. The third-order valence-corrected chi connectivity index (χ3v) is 3.65. The number of aryl methyl sites for hydroxylation is 2. The first kappa shape index (κ1) is 12.9. The van der Waals surface area contributed by atoms with Gasteiger partial charge in [-0.15, -0.1) is 11.3 Å². The van der Waals surface area contributed by atoms with E-state index in [1.54, 1.807) is 23.1 Å². The highest BCUT2D eigenvalue weighted by atomic mass is 32.1. The molecule has 0 fully saturated rings. The van der Waals surface area contributed by atoms with Gasteiger partial charge in [0.15, 0.2) is 5.13 Å². The van der Waals surface area contributed by atoms with E-state index < -0.39 is 0 Å². The van der Waals surface area contributed by atoms with Gasteiger partial charge >= 0.3 is 0 Å². The molecule has 0 atom stereocenters. The fourth-order valence-corrected chi connectivity index (χ4v) is 2.82. The fraction of sp³-hybridized carbons (Fsp3) is 0.500. The number of nitrogens with zero attached hydrogens (tertiary/aromatic N) is 3. The lowest BCUT2D eigenvalue weighted by Gasteiger charge is -1.97. The van der Waals surface area contributed by atoms with Crippen molar-refractivity contribution >= 4 is 16.5 Å². The van der Waals surface area contributed by atoms with E-state index in [4.69, 9.17) is 10.5 Å². The number of hydrogen-bond acceptors (Lipinski definition) is 5. The van der Waals surface area contributed by atoms with Crippen molar-refractivity contribution in [3.63, 3.8) is 0 Å². The average molecular weight is 266 g/mol. The predicted molar refractivity (Wildman–Crippen MR) is 73.1 cm³/mol. The summed E-state index contributed by atoms with van der Waals surface area (Å²) in [4.78, 5) is 5.58. The van der Waals surface area contributed by atoms with E-state index in [1.165, 1.54) is 4.88 Å². The minimum Gasteiger partial charge on any atom is -0.481 e. The monoisotopic (exact) mass is 266 g/mol. The first-order chi connectivity index (χ1) is 8.63. The molecule has 0 aliphatic rings. The standard InChI is InChI=1S/C12H18N4OS/c1-4-5-9-10(18-12(13)14-9)6-8-7-11(17-3)16(2)15-8/h7H,4-6H2,1-3H3,(H2,13,14). The van der Waals surface area contributed by atoms with E-state index in [9.17, 15) is 0 Å². The van der Waals surface area contributed by atoms with Crippen molar-refractivity contribution in [2.75, 3.05) is 12.8 Å². The molecule has 2 rings (SSSR count). The molecule has 5 nitrogen and oxygen atoms in total. The highest BCUT2D eigenvalue weighted by Gasteiger charge is 2.12. The molecule has 2 aromatic heterocycles. The Kier molecular flexibility index (Phi) is 3.86. The van der Waals surface area contributed by atoms with E-state index in [1.807, 2.05) is 13.1 Å². The van der Waals surface area contributed by atoms with Crippen LogP contribution in [0.2, 0.25) is 0 Å². The summed E-state index contributed by atoms with van der Waals surface area (Å²) in [7, 11) is 3.52. The molecule has 0 aliphatic carbocycles. The molecule has 2 N–H and O–H groups in total. The van der Waals surface area contributed by atoms with Crippen LogP contribution in [0.1, 0.15) is 29.6 Å². The van der Waals surface area contributed by atoms with Gasteiger partial charge in [0.25, 0.3) is 0 Å². The second-order valence-corrected chi connectivity index (χ2v) is 5.27. The van der Waals surface area contributed by atoms with Gasteiger partial charge < -0.3 is 10.5 Å². The Labute approximate surface area is 111 Å². The molecule has 0 aromatic carbocycles. The minimum atomic E-state index is 0.636. The molecule has 0 spiro atoms. The van der Waals surface area contributed by atoms with Gasteiger partial charge in [-0.25, -0.2) is 9.67 Å². The maximum atomic E-state index is 5.78. The summed E-state index contributed by atoms with van der Waals surface area (Å²) in [5.74, 6) is 0.763. The molecule has 98 valence electrons. The van der Waals surface area contributed by atoms with Gasteiger partial charge in [0.1, 0.15) is 0 Å². The van der Waals surface area contributed by atoms with Gasteiger partial charge in [0, 0.05) is 24.4 Å².